The number of nitrogens with zero attached hydrogens (tertiary/aromatic N) is 1. The molecule has 0 aromatic rings. The lowest BCUT2D eigenvalue weighted by Crippen LogP contribution is -2.42. The van der Waals surface area contributed by atoms with Crippen molar-refractivity contribution in [1.82, 2.24) is 10.2 Å². The van der Waals surface area contributed by atoms with E-state index in [-0.39, 0.29) is 11.1 Å². The van der Waals surface area contributed by atoms with Crippen LogP contribution in [0.25, 0.3) is 0 Å². The van der Waals surface area contributed by atoms with E-state index in [1.54, 1.807) is 18.8 Å². The number of amides is 3. The largest absolute Gasteiger partial charge is 0.478 e. The number of nitrogens with one attached hydrogen (secondary N) is 1. The first-order valence-corrected chi connectivity index (χ1v) is 6.66. The Balaban J connectivity index is 4.53. The fraction of sp³-hybridized carbons (Fsp3) is 0.545. The smallest absolute Gasteiger partial charge is 0.331 e. The fourth-order valence-corrected chi connectivity index (χ4v) is 1.40. The molecule has 0 unspecified atom stereocenters. The quantitative estimate of drug-likeness (QED) is 0.729. The first-order chi connectivity index (χ1) is 8.31. The SMILES string of the molecule is CSCCN(C)C(=O)NC(=O)C(C)=C(C)C(=O)O. The monoisotopic (exact) mass is 274 g/mol. The molecule has 0 bridgehead atoms. The lowest BCUT2D eigenvalue weighted by Gasteiger charge is -2.16. The van der Waals surface area contributed by atoms with Crippen molar-refractivity contribution in [3.8, 4) is 0 Å². The van der Waals surface area contributed by atoms with Crippen LogP contribution in [0.15, 0.2) is 11.1 Å². The summed E-state index contributed by atoms with van der Waals surface area (Å²) in [7, 11) is 1.57. The molecular weight excluding hydrogens is 256 g/mol. The van der Waals surface area contributed by atoms with Crippen molar-refractivity contribution in [3.63, 3.8) is 0 Å². The van der Waals surface area contributed by atoms with Crippen molar-refractivity contribution < 1.29 is 19.5 Å². The minimum absolute atomic E-state index is 0.0223. The van der Waals surface area contributed by atoms with E-state index in [1.165, 1.54) is 18.7 Å². The molecule has 3 amide bonds. The maximum absolute atomic E-state index is 11.6. The minimum atomic E-state index is -1.18. The van der Waals surface area contributed by atoms with Crippen LogP contribution in [0, 0.1) is 0 Å². The van der Waals surface area contributed by atoms with Gasteiger partial charge in [-0.2, -0.15) is 11.8 Å². The third-order valence-corrected chi connectivity index (χ3v) is 3.01. The summed E-state index contributed by atoms with van der Waals surface area (Å²) in [6, 6.07) is -0.536. The van der Waals surface area contributed by atoms with Gasteiger partial charge in [0.15, 0.2) is 0 Å². The molecule has 0 aromatic heterocycles. The van der Waals surface area contributed by atoms with Crippen LogP contribution < -0.4 is 5.32 Å². The molecule has 0 saturated heterocycles. The van der Waals surface area contributed by atoms with Gasteiger partial charge in [-0.25, -0.2) is 9.59 Å². The average molecular weight is 274 g/mol. The number of carboxylic acids is 1. The van der Waals surface area contributed by atoms with Gasteiger partial charge in [0.05, 0.1) is 0 Å². The molecule has 0 aliphatic heterocycles. The first kappa shape index (κ1) is 16.5. The Hall–Kier alpha value is -1.50. The summed E-state index contributed by atoms with van der Waals surface area (Å²) < 4.78 is 0. The molecule has 0 radical (unpaired) electrons. The second-order valence-electron chi connectivity index (χ2n) is 3.73. The highest BCUT2D eigenvalue weighted by molar-refractivity contribution is 7.98. The van der Waals surface area contributed by atoms with Crippen molar-refractivity contribution in [3.05, 3.63) is 11.1 Å². The van der Waals surface area contributed by atoms with Gasteiger partial charge >= 0.3 is 12.0 Å². The van der Waals surface area contributed by atoms with Crippen LogP contribution in [-0.2, 0) is 9.59 Å². The Morgan fingerprint density at radius 3 is 2.22 bits per heavy atom. The molecule has 0 aromatic carbocycles. The van der Waals surface area contributed by atoms with Crippen LogP contribution in [0.3, 0.4) is 0 Å². The predicted octanol–water partition coefficient (Wildman–Crippen LogP) is 0.938. The topological polar surface area (TPSA) is 86.7 Å². The van der Waals surface area contributed by atoms with Gasteiger partial charge in [-0.1, -0.05) is 0 Å². The highest BCUT2D eigenvalue weighted by atomic mass is 32.2. The van der Waals surface area contributed by atoms with Crippen molar-refractivity contribution in [2.45, 2.75) is 13.8 Å². The minimum Gasteiger partial charge on any atom is -0.478 e. The number of hydrogen-bond acceptors (Lipinski definition) is 4. The van der Waals surface area contributed by atoms with Gasteiger partial charge in [0, 0.05) is 30.5 Å². The van der Waals surface area contributed by atoms with Gasteiger partial charge in [0.25, 0.3) is 5.91 Å². The Kier molecular flexibility index (Phi) is 7.11. The van der Waals surface area contributed by atoms with Crippen LogP contribution >= 0.6 is 11.8 Å². The lowest BCUT2D eigenvalue weighted by molar-refractivity contribution is -0.133. The van der Waals surface area contributed by atoms with Gasteiger partial charge in [-0.15, -0.1) is 0 Å². The van der Waals surface area contributed by atoms with E-state index in [0.29, 0.717) is 6.54 Å². The zero-order valence-electron chi connectivity index (χ0n) is 10.9. The second kappa shape index (κ2) is 7.75. The Morgan fingerprint density at radius 1 is 1.22 bits per heavy atom. The highest BCUT2D eigenvalue weighted by Crippen LogP contribution is 2.03. The number of hydrogen-bond donors (Lipinski definition) is 2. The summed E-state index contributed by atoms with van der Waals surface area (Å²) in [6.45, 7) is 3.20. The van der Waals surface area contributed by atoms with Gasteiger partial charge < -0.3 is 10.0 Å². The molecule has 0 heterocycles. The summed E-state index contributed by atoms with van der Waals surface area (Å²) in [5, 5.41) is 10.9. The van der Waals surface area contributed by atoms with Crippen LogP contribution in [-0.4, -0.2) is 53.5 Å². The summed E-state index contributed by atoms with van der Waals surface area (Å²) in [5.74, 6) is -1.09. The van der Waals surface area contributed by atoms with Crippen molar-refractivity contribution in [1.29, 1.82) is 0 Å². The van der Waals surface area contributed by atoms with Crippen LogP contribution in [0.2, 0.25) is 0 Å². The number of carbonyl (C=O) groups is 3. The van der Waals surface area contributed by atoms with E-state index >= 15 is 0 Å². The van der Waals surface area contributed by atoms with Crippen molar-refractivity contribution >= 4 is 29.7 Å². The number of urea groups is 1. The standard InChI is InChI=1S/C11H18N2O4S/c1-7(8(2)10(15)16)9(14)12-11(17)13(3)5-6-18-4/h5-6H2,1-4H3,(H,15,16)(H,12,14,17). The third-order valence-electron chi connectivity index (χ3n) is 2.42. The molecule has 0 aliphatic carbocycles. The van der Waals surface area contributed by atoms with E-state index in [9.17, 15) is 14.4 Å². The number of aliphatic carboxylic acids is 1. The molecule has 0 fully saturated rings. The maximum atomic E-state index is 11.6. The van der Waals surface area contributed by atoms with Crippen molar-refractivity contribution in [2.75, 3.05) is 25.6 Å². The lowest BCUT2D eigenvalue weighted by atomic mass is 10.1. The average Bonchev–Trinajstić information content (AvgIpc) is 2.33. The van der Waals surface area contributed by atoms with Crippen LogP contribution in [0.4, 0.5) is 4.79 Å². The molecule has 2 N–H and O–H groups in total. The van der Waals surface area contributed by atoms with E-state index in [2.05, 4.69) is 5.32 Å². The molecule has 0 aliphatic rings. The molecule has 0 rings (SSSR count). The molecular formula is C11H18N2O4S. The first-order valence-electron chi connectivity index (χ1n) is 5.27. The normalized spacial score (nSPS) is 11.6. The molecule has 0 spiro atoms. The Labute approximate surface area is 110 Å². The maximum Gasteiger partial charge on any atom is 0.331 e. The Morgan fingerprint density at radius 2 is 1.78 bits per heavy atom. The molecule has 18 heavy (non-hydrogen) atoms. The number of carbonyl (C=O) groups excluding carboxylic acids is 2. The van der Waals surface area contributed by atoms with E-state index in [0.717, 1.165) is 5.75 Å². The van der Waals surface area contributed by atoms with Crippen LogP contribution in [0.5, 0.6) is 0 Å². The van der Waals surface area contributed by atoms with E-state index in [4.69, 9.17) is 5.11 Å². The zero-order chi connectivity index (χ0) is 14.3. The molecule has 6 nitrogen and oxygen atoms in total. The Bertz CT molecular complexity index is 379. The van der Waals surface area contributed by atoms with Gasteiger partial charge in [0.1, 0.15) is 0 Å². The summed E-state index contributed by atoms with van der Waals surface area (Å²) >= 11 is 1.59. The summed E-state index contributed by atoms with van der Waals surface area (Å²) in [4.78, 5) is 35.2. The molecule has 7 heteroatoms. The van der Waals surface area contributed by atoms with Gasteiger partial charge in [-0.3, -0.25) is 10.1 Å². The number of thioether (sulfide) groups is 1. The molecule has 0 saturated carbocycles. The zero-order valence-corrected chi connectivity index (χ0v) is 11.8. The van der Waals surface area contributed by atoms with E-state index in [1.807, 2.05) is 6.26 Å². The van der Waals surface area contributed by atoms with Crippen molar-refractivity contribution in [2.24, 2.45) is 0 Å². The molecule has 102 valence electrons. The number of carboxylic acid groups (broad SMARTS) is 1. The fourth-order valence-electron chi connectivity index (χ4n) is 0.947. The number of imide groups is 1. The van der Waals surface area contributed by atoms with Crippen LogP contribution in [0.1, 0.15) is 13.8 Å². The van der Waals surface area contributed by atoms with Gasteiger partial charge in [-0.05, 0) is 20.1 Å². The molecule has 0 atom stereocenters. The second-order valence-corrected chi connectivity index (χ2v) is 4.71. The summed E-state index contributed by atoms with van der Waals surface area (Å²) in [5.41, 5.74) is -0.0545. The summed E-state index contributed by atoms with van der Waals surface area (Å²) in [6.07, 6.45) is 1.92. The number of rotatable bonds is 5. The third kappa shape index (κ3) is 5.22. The van der Waals surface area contributed by atoms with E-state index < -0.39 is 17.9 Å². The van der Waals surface area contributed by atoms with Gasteiger partial charge in [0.2, 0.25) is 0 Å². The predicted molar refractivity (Wildman–Crippen MR) is 70.6 cm³/mol. The highest BCUT2D eigenvalue weighted by Gasteiger charge is 2.17.